The van der Waals surface area contributed by atoms with Crippen LogP contribution in [0, 0.1) is 0 Å². The SMILES string of the molecule is O[C@H]1CCC[C@@H]1Nc1ccccc1Oc1ccccc1. The van der Waals surface area contributed by atoms with Crippen LogP contribution in [-0.4, -0.2) is 17.3 Å². The first-order chi connectivity index (χ1) is 9.83. The van der Waals surface area contributed by atoms with Crippen LogP contribution >= 0.6 is 0 Å². The quantitative estimate of drug-likeness (QED) is 0.887. The van der Waals surface area contributed by atoms with E-state index < -0.39 is 0 Å². The van der Waals surface area contributed by atoms with Crippen molar-refractivity contribution in [3.8, 4) is 11.5 Å². The Morgan fingerprint density at radius 2 is 1.70 bits per heavy atom. The number of aliphatic hydroxyl groups excluding tert-OH is 1. The predicted molar refractivity (Wildman–Crippen MR) is 80.2 cm³/mol. The normalized spacial score (nSPS) is 21.6. The van der Waals surface area contributed by atoms with Gasteiger partial charge in [-0.25, -0.2) is 0 Å². The fourth-order valence-electron chi connectivity index (χ4n) is 2.60. The molecule has 1 saturated carbocycles. The molecule has 0 bridgehead atoms. The van der Waals surface area contributed by atoms with Gasteiger partial charge in [-0.2, -0.15) is 0 Å². The van der Waals surface area contributed by atoms with Gasteiger partial charge in [-0.15, -0.1) is 0 Å². The van der Waals surface area contributed by atoms with E-state index in [1.807, 2.05) is 54.6 Å². The Labute approximate surface area is 119 Å². The van der Waals surface area contributed by atoms with Gasteiger partial charge in [-0.1, -0.05) is 30.3 Å². The molecule has 0 heterocycles. The van der Waals surface area contributed by atoms with E-state index in [9.17, 15) is 5.11 Å². The lowest BCUT2D eigenvalue weighted by Gasteiger charge is -2.20. The highest BCUT2D eigenvalue weighted by Gasteiger charge is 2.25. The molecule has 2 atom stereocenters. The molecule has 1 fully saturated rings. The minimum atomic E-state index is -0.264. The van der Waals surface area contributed by atoms with Crippen LogP contribution < -0.4 is 10.1 Å². The van der Waals surface area contributed by atoms with Crippen molar-refractivity contribution in [2.75, 3.05) is 5.32 Å². The predicted octanol–water partition coefficient (Wildman–Crippen LogP) is 3.80. The smallest absolute Gasteiger partial charge is 0.150 e. The second kappa shape index (κ2) is 5.97. The van der Waals surface area contributed by atoms with Crippen molar-refractivity contribution < 1.29 is 9.84 Å². The summed E-state index contributed by atoms with van der Waals surface area (Å²) in [6.07, 6.45) is 2.68. The van der Waals surface area contributed by atoms with E-state index >= 15 is 0 Å². The van der Waals surface area contributed by atoms with Crippen LogP contribution in [0.3, 0.4) is 0 Å². The molecule has 2 N–H and O–H groups in total. The van der Waals surface area contributed by atoms with Crippen LogP contribution in [0.5, 0.6) is 11.5 Å². The van der Waals surface area contributed by atoms with Crippen LogP contribution in [0.25, 0.3) is 0 Å². The summed E-state index contributed by atoms with van der Waals surface area (Å²) in [5, 5.41) is 13.3. The number of rotatable bonds is 4. The third kappa shape index (κ3) is 2.94. The summed E-state index contributed by atoms with van der Waals surface area (Å²) in [5.41, 5.74) is 0.933. The number of para-hydroxylation sites is 3. The number of nitrogens with one attached hydrogen (secondary N) is 1. The number of hydrogen-bond acceptors (Lipinski definition) is 3. The topological polar surface area (TPSA) is 41.5 Å². The highest BCUT2D eigenvalue weighted by Crippen LogP contribution is 2.32. The maximum absolute atomic E-state index is 9.93. The molecular weight excluding hydrogens is 250 g/mol. The van der Waals surface area contributed by atoms with E-state index in [0.717, 1.165) is 36.4 Å². The Hall–Kier alpha value is -2.00. The summed E-state index contributed by atoms with van der Waals surface area (Å²) in [5.74, 6) is 1.60. The minimum Gasteiger partial charge on any atom is -0.455 e. The molecular formula is C17H19NO2. The summed E-state index contributed by atoms with van der Waals surface area (Å²) in [7, 11) is 0. The van der Waals surface area contributed by atoms with Gasteiger partial charge in [-0.05, 0) is 43.5 Å². The molecule has 3 rings (SSSR count). The Kier molecular flexibility index (Phi) is 3.88. The minimum absolute atomic E-state index is 0.121. The lowest BCUT2D eigenvalue weighted by molar-refractivity contribution is 0.171. The molecule has 3 nitrogen and oxygen atoms in total. The van der Waals surface area contributed by atoms with Gasteiger partial charge >= 0.3 is 0 Å². The molecule has 0 spiro atoms. The van der Waals surface area contributed by atoms with Gasteiger partial charge in [0.25, 0.3) is 0 Å². The molecule has 0 radical (unpaired) electrons. The van der Waals surface area contributed by atoms with Crippen LogP contribution in [0.4, 0.5) is 5.69 Å². The summed E-state index contributed by atoms with van der Waals surface area (Å²) in [6, 6.07) is 17.7. The zero-order valence-corrected chi connectivity index (χ0v) is 11.3. The van der Waals surface area contributed by atoms with E-state index in [-0.39, 0.29) is 12.1 Å². The van der Waals surface area contributed by atoms with Crippen molar-refractivity contribution >= 4 is 5.69 Å². The van der Waals surface area contributed by atoms with Gasteiger partial charge in [0.05, 0.1) is 17.8 Å². The zero-order valence-electron chi connectivity index (χ0n) is 11.3. The van der Waals surface area contributed by atoms with Crippen molar-refractivity contribution in [3.05, 3.63) is 54.6 Å². The summed E-state index contributed by atoms with van der Waals surface area (Å²) < 4.78 is 5.91. The van der Waals surface area contributed by atoms with Crippen LogP contribution in [0.15, 0.2) is 54.6 Å². The molecule has 2 aromatic carbocycles. The summed E-state index contributed by atoms with van der Waals surface area (Å²) in [4.78, 5) is 0. The maximum atomic E-state index is 9.93. The highest BCUT2D eigenvalue weighted by molar-refractivity contribution is 5.58. The van der Waals surface area contributed by atoms with E-state index in [1.54, 1.807) is 0 Å². The molecule has 0 unspecified atom stereocenters. The van der Waals surface area contributed by atoms with E-state index in [1.165, 1.54) is 0 Å². The van der Waals surface area contributed by atoms with Crippen molar-refractivity contribution in [1.29, 1.82) is 0 Å². The van der Waals surface area contributed by atoms with Crippen LogP contribution in [-0.2, 0) is 0 Å². The Morgan fingerprint density at radius 3 is 2.45 bits per heavy atom. The lowest BCUT2D eigenvalue weighted by Crippen LogP contribution is -2.28. The first kappa shape index (κ1) is 13.0. The third-order valence-corrected chi connectivity index (χ3v) is 3.68. The Morgan fingerprint density at radius 1 is 0.950 bits per heavy atom. The van der Waals surface area contributed by atoms with Gasteiger partial charge in [-0.3, -0.25) is 0 Å². The van der Waals surface area contributed by atoms with Crippen molar-refractivity contribution in [2.24, 2.45) is 0 Å². The molecule has 0 amide bonds. The largest absolute Gasteiger partial charge is 0.455 e. The van der Waals surface area contributed by atoms with Gasteiger partial charge in [0.15, 0.2) is 5.75 Å². The molecule has 20 heavy (non-hydrogen) atoms. The first-order valence-electron chi connectivity index (χ1n) is 7.09. The Bertz CT molecular complexity index is 556. The van der Waals surface area contributed by atoms with Gasteiger partial charge in [0, 0.05) is 0 Å². The summed E-state index contributed by atoms with van der Waals surface area (Å²) in [6.45, 7) is 0. The van der Waals surface area contributed by atoms with Gasteiger partial charge in [0.2, 0.25) is 0 Å². The number of ether oxygens (including phenoxy) is 1. The van der Waals surface area contributed by atoms with E-state index in [4.69, 9.17) is 4.74 Å². The lowest BCUT2D eigenvalue weighted by atomic mass is 10.2. The van der Waals surface area contributed by atoms with Crippen molar-refractivity contribution in [2.45, 2.75) is 31.4 Å². The Balaban J connectivity index is 1.77. The molecule has 0 saturated heterocycles. The molecule has 3 heteroatoms. The third-order valence-electron chi connectivity index (χ3n) is 3.68. The second-order valence-electron chi connectivity index (χ2n) is 5.16. The first-order valence-corrected chi connectivity index (χ1v) is 7.09. The van der Waals surface area contributed by atoms with Gasteiger partial charge in [0.1, 0.15) is 5.75 Å². The molecule has 104 valence electrons. The molecule has 0 aromatic heterocycles. The average Bonchev–Trinajstić information content (AvgIpc) is 2.88. The molecule has 1 aliphatic carbocycles. The standard InChI is InChI=1S/C17H19NO2/c19-16-11-6-10-14(16)18-15-9-4-5-12-17(15)20-13-7-2-1-3-8-13/h1-5,7-9,12,14,16,18-19H,6,10-11H2/t14-,16-/m0/s1. The molecule has 1 aliphatic rings. The number of aliphatic hydroxyl groups is 1. The van der Waals surface area contributed by atoms with E-state index in [2.05, 4.69) is 5.32 Å². The highest BCUT2D eigenvalue weighted by atomic mass is 16.5. The zero-order chi connectivity index (χ0) is 13.8. The number of benzene rings is 2. The fraction of sp³-hybridized carbons (Fsp3) is 0.294. The molecule has 2 aromatic rings. The molecule has 0 aliphatic heterocycles. The average molecular weight is 269 g/mol. The van der Waals surface area contributed by atoms with Crippen molar-refractivity contribution in [3.63, 3.8) is 0 Å². The monoisotopic (exact) mass is 269 g/mol. The second-order valence-corrected chi connectivity index (χ2v) is 5.16. The van der Waals surface area contributed by atoms with Crippen molar-refractivity contribution in [1.82, 2.24) is 0 Å². The van der Waals surface area contributed by atoms with Crippen LogP contribution in [0.2, 0.25) is 0 Å². The van der Waals surface area contributed by atoms with Gasteiger partial charge < -0.3 is 15.2 Å². The van der Waals surface area contributed by atoms with Crippen LogP contribution in [0.1, 0.15) is 19.3 Å². The fourth-order valence-corrected chi connectivity index (χ4v) is 2.60. The summed E-state index contributed by atoms with van der Waals surface area (Å²) >= 11 is 0. The number of anilines is 1. The number of hydrogen-bond donors (Lipinski definition) is 2. The van der Waals surface area contributed by atoms with E-state index in [0.29, 0.717) is 0 Å². The maximum Gasteiger partial charge on any atom is 0.150 e.